The monoisotopic (exact) mass is 319 g/mol. The molecule has 0 bridgehead atoms. The third-order valence-electron chi connectivity index (χ3n) is 3.25. The van der Waals surface area contributed by atoms with Gasteiger partial charge in [0.05, 0.1) is 24.2 Å². The van der Waals surface area contributed by atoms with Crippen molar-refractivity contribution in [1.82, 2.24) is 9.88 Å². The first-order valence-corrected chi connectivity index (χ1v) is 7.78. The van der Waals surface area contributed by atoms with Crippen molar-refractivity contribution in [3.05, 3.63) is 51.5 Å². The lowest BCUT2D eigenvalue weighted by molar-refractivity contribution is -0.129. The van der Waals surface area contributed by atoms with Gasteiger partial charge in [0.2, 0.25) is 5.91 Å². The first kappa shape index (κ1) is 15.6. The molecule has 110 valence electrons. The summed E-state index contributed by atoms with van der Waals surface area (Å²) in [6.45, 7) is 2.55. The molecular formula is C15H17N3OS2. The Balaban J connectivity index is 1.97. The highest BCUT2D eigenvalue weighted by molar-refractivity contribution is 7.80. The quantitative estimate of drug-likeness (QED) is 0.859. The minimum Gasteiger partial charge on any atom is -0.389 e. The van der Waals surface area contributed by atoms with Gasteiger partial charge in [0.1, 0.15) is 4.99 Å². The molecule has 0 saturated heterocycles. The van der Waals surface area contributed by atoms with Gasteiger partial charge in [-0.05, 0) is 12.5 Å². The summed E-state index contributed by atoms with van der Waals surface area (Å²) in [6.07, 6.45) is 0.367. The molecule has 1 amide bonds. The Morgan fingerprint density at radius 3 is 2.57 bits per heavy atom. The fraction of sp³-hybridized carbons (Fsp3) is 0.267. The predicted octanol–water partition coefficient (Wildman–Crippen LogP) is 2.29. The Morgan fingerprint density at radius 1 is 1.38 bits per heavy atom. The van der Waals surface area contributed by atoms with Crippen molar-refractivity contribution in [1.29, 1.82) is 0 Å². The SMILES string of the molecule is Cc1ncsc1CN(C)C(=O)Cc1ccc(C(N)=S)cc1. The van der Waals surface area contributed by atoms with E-state index in [0.717, 1.165) is 21.7 Å². The van der Waals surface area contributed by atoms with E-state index >= 15 is 0 Å². The van der Waals surface area contributed by atoms with Crippen LogP contribution in [0.1, 0.15) is 21.7 Å². The molecule has 2 aromatic rings. The number of thiocarbonyl (C=S) groups is 1. The maximum Gasteiger partial charge on any atom is 0.227 e. The summed E-state index contributed by atoms with van der Waals surface area (Å²) < 4.78 is 0. The van der Waals surface area contributed by atoms with E-state index < -0.39 is 0 Å². The Morgan fingerprint density at radius 2 is 2.05 bits per heavy atom. The molecule has 0 aliphatic carbocycles. The summed E-state index contributed by atoms with van der Waals surface area (Å²) in [5.74, 6) is 0.0749. The summed E-state index contributed by atoms with van der Waals surface area (Å²) in [5, 5.41) is 0. The fourth-order valence-corrected chi connectivity index (χ4v) is 2.84. The molecule has 21 heavy (non-hydrogen) atoms. The van der Waals surface area contributed by atoms with Gasteiger partial charge in [-0.2, -0.15) is 0 Å². The molecule has 0 unspecified atom stereocenters. The van der Waals surface area contributed by atoms with Crippen molar-refractivity contribution in [2.24, 2.45) is 5.73 Å². The lowest BCUT2D eigenvalue weighted by Gasteiger charge is -2.16. The Hall–Kier alpha value is -1.79. The molecule has 0 atom stereocenters. The third-order valence-corrected chi connectivity index (χ3v) is 4.40. The Labute approximate surface area is 133 Å². The van der Waals surface area contributed by atoms with Gasteiger partial charge >= 0.3 is 0 Å². The van der Waals surface area contributed by atoms with Gasteiger partial charge in [-0.25, -0.2) is 4.98 Å². The number of nitrogens with zero attached hydrogens (tertiary/aromatic N) is 2. The second-order valence-corrected chi connectivity index (χ2v) is 6.23. The smallest absolute Gasteiger partial charge is 0.227 e. The van der Waals surface area contributed by atoms with Crippen molar-refractivity contribution >= 4 is 34.5 Å². The number of nitrogens with two attached hydrogens (primary N) is 1. The highest BCUT2D eigenvalue weighted by Crippen LogP contribution is 2.15. The number of benzene rings is 1. The zero-order valence-corrected chi connectivity index (χ0v) is 13.6. The van der Waals surface area contributed by atoms with E-state index in [1.807, 2.05) is 38.2 Å². The molecule has 1 aromatic heterocycles. The number of aryl methyl sites for hydroxylation is 1. The molecule has 2 rings (SSSR count). The summed E-state index contributed by atoms with van der Waals surface area (Å²) in [4.78, 5) is 19.6. The van der Waals surface area contributed by atoms with Gasteiger partial charge < -0.3 is 10.6 Å². The maximum absolute atomic E-state index is 12.2. The van der Waals surface area contributed by atoms with Crippen LogP contribution >= 0.6 is 23.6 Å². The number of carbonyl (C=O) groups excluding carboxylic acids is 1. The highest BCUT2D eigenvalue weighted by Gasteiger charge is 2.12. The van der Waals surface area contributed by atoms with E-state index in [4.69, 9.17) is 18.0 Å². The predicted molar refractivity (Wildman–Crippen MR) is 89.4 cm³/mol. The van der Waals surface area contributed by atoms with Crippen LogP contribution in [0.15, 0.2) is 29.8 Å². The van der Waals surface area contributed by atoms with E-state index in [1.54, 1.807) is 21.7 Å². The maximum atomic E-state index is 12.2. The summed E-state index contributed by atoms with van der Waals surface area (Å²) in [6, 6.07) is 7.47. The fourth-order valence-electron chi connectivity index (χ4n) is 1.88. The van der Waals surface area contributed by atoms with Crippen molar-refractivity contribution in [2.75, 3.05) is 7.05 Å². The first-order valence-electron chi connectivity index (χ1n) is 6.49. The molecule has 0 aliphatic heterocycles. The third kappa shape index (κ3) is 4.09. The average molecular weight is 319 g/mol. The van der Waals surface area contributed by atoms with Crippen LogP contribution in [0.25, 0.3) is 0 Å². The second kappa shape index (κ2) is 6.78. The van der Waals surface area contributed by atoms with Crippen LogP contribution in [0.4, 0.5) is 0 Å². The molecule has 0 aliphatic rings. The van der Waals surface area contributed by atoms with Crippen LogP contribution in [0.3, 0.4) is 0 Å². The largest absolute Gasteiger partial charge is 0.389 e. The normalized spacial score (nSPS) is 10.4. The molecule has 0 fully saturated rings. The van der Waals surface area contributed by atoms with E-state index in [9.17, 15) is 4.79 Å². The highest BCUT2D eigenvalue weighted by atomic mass is 32.1. The molecule has 2 N–H and O–H groups in total. The molecule has 0 radical (unpaired) electrons. The molecule has 0 saturated carbocycles. The Bertz CT molecular complexity index is 649. The van der Waals surface area contributed by atoms with Gasteiger partial charge in [0.15, 0.2) is 0 Å². The minimum atomic E-state index is 0.0749. The van der Waals surface area contributed by atoms with Crippen molar-refractivity contribution < 1.29 is 4.79 Å². The zero-order valence-electron chi connectivity index (χ0n) is 12.0. The van der Waals surface area contributed by atoms with Gasteiger partial charge in [-0.1, -0.05) is 36.5 Å². The molecule has 1 heterocycles. The number of hydrogen-bond acceptors (Lipinski definition) is 4. The summed E-state index contributed by atoms with van der Waals surface area (Å²) in [7, 11) is 1.81. The molecular weight excluding hydrogens is 302 g/mol. The van der Waals surface area contributed by atoms with Crippen LogP contribution in [-0.2, 0) is 17.8 Å². The topological polar surface area (TPSA) is 59.2 Å². The van der Waals surface area contributed by atoms with Crippen LogP contribution in [0.2, 0.25) is 0 Å². The summed E-state index contributed by atoms with van der Waals surface area (Å²) >= 11 is 6.48. The van der Waals surface area contributed by atoms with E-state index in [-0.39, 0.29) is 5.91 Å². The standard InChI is InChI=1S/C15H17N3OS2/c1-10-13(21-9-17-10)8-18(2)14(19)7-11-3-5-12(6-4-11)15(16)20/h3-6,9H,7-8H2,1-2H3,(H2,16,20). The number of thiazole rings is 1. The lowest BCUT2D eigenvalue weighted by atomic mass is 10.1. The van der Waals surface area contributed by atoms with Crippen LogP contribution in [-0.4, -0.2) is 27.8 Å². The second-order valence-electron chi connectivity index (χ2n) is 4.85. The molecule has 1 aromatic carbocycles. The van der Waals surface area contributed by atoms with E-state index in [0.29, 0.717) is 18.0 Å². The average Bonchev–Trinajstić information content (AvgIpc) is 2.84. The van der Waals surface area contributed by atoms with Gasteiger partial charge in [0, 0.05) is 17.5 Å². The number of amides is 1. The van der Waals surface area contributed by atoms with Crippen molar-refractivity contribution in [3.63, 3.8) is 0 Å². The first-order chi connectivity index (χ1) is 9.97. The summed E-state index contributed by atoms with van der Waals surface area (Å²) in [5.41, 5.74) is 10.1. The molecule has 4 nitrogen and oxygen atoms in total. The van der Waals surface area contributed by atoms with Crippen molar-refractivity contribution in [3.8, 4) is 0 Å². The number of likely N-dealkylation sites (N-methyl/N-ethyl adjacent to an activating group) is 1. The van der Waals surface area contributed by atoms with E-state index in [2.05, 4.69) is 4.98 Å². The Kier molecular flexibility index (Phi) is 5.03. The zero-order chi connectivity index (χ0) is 15.4. The van der Waals surface area contributed by atoms with Gasteiger partial charge in [-0.15, -0.1) is 11.3 Å². The van der Waals surface area contributed by atoms with Gasteiger partial charge in [-0.3, -0.25) is 4.79 Å². The van der Waals surface area contributed by atoms with E-state index in [1.165, 1.54) is 0 Å². The van der Waals surface area contributed by atoms with Crippen LogP contribution in [0, 0.1) is 6.92 Å². The van der Waals surface area contributed by atoms with Crippen LogP contribution < -0.4 is 5.73 Å². The molecule has 0 spiro atoms. The lowest BCUT2D eigenvalue weighted by Crippen LogP contribution is -2.27. The van der Waals surface area contributed by atoms with Gasteiger partial charge in [0.25, 0.3) is 0 Å². The van der Waals surface area contributed by atoms with Crippen LogP contribution in [0.5, 0.6) is 0 Å². The number of carbonyl (C=O) groups is 1. The number of hydrogen-bond donors (Lipinski definition) is 1. The number of aromatic nitrogens is 1. The van der Waals surface area contributed by atoms with Crippen molar-refractivity contribution in [2.45, 2.75) is 19.9 Å². The number of rotatable bonds is 5. The minimum absolute atomic E-state index is 0.0749. The molecule has 6 heteroatoms.